The van der Waals surface area contributed by atoms with Crippen LogP contribution in [0.15, 0.2) is 45.6 Å². The molecule has 0 aliphatic carbocycles. The van der Waals surface area contributed by atoms with Crippen molar-refractivity contribution >= 4 is 34.4 Å². The predicted molar refractivity (Wildman–Crippen MR) is 83.3 cm³/mol. The number of hydrogen-bond acceptors (Lipinski definition) is 6. The molecule has 0 spiro atoms. The monoisotopic (exact) mass is 328 g/mol. The van der Waals surface area contributed by atoms with E-state index >= 15 is 0 Å². The lowest BCUT2D eigenvalue weighted by molar-refractivity contribution is -0.137. The maximum absolute atomic E-state index is 11.9. The third-order valence-electron chi connectivity index (χ3n) is 3.47. The summed E-state index contributed by atoms with van der Waals surface area (Å²) in [5.41, 5.74) is -0.100. The molecule has 0 saturated carbocycles. The maximum Gasteiger partial charge on any atom is 0.339 e. The lowest BCUT2D eigenvalue weighted by Crippen LogP contribution is -2.33. The molecule has 0 saturated heterocycles. The van der Waals surface area contributed by atoms with Gasteiger partial charge >= 0.3 is 5.63 Å². The van der Waals surface area contributed by atoms with Crippen molar-refractivity contribution in [1.82, 2.24) is 4.90 Å². The first kappa shape index (κ1) is 15.5. The molecule has 24 heavy (non-hydrogen) atoms. The first-order valence-electron chi connectivity index (χ1n) is 7.04. The molecule has 8 nitrogen and oxygen atoms in total. The lowest BCUT2D eigenvalue weighted by atomic mass is 10.2. The van der Waals surface area contributed by atoms with E-state index in [9.17, 15) is 24.3 Å². The lowest BCUT2D eigenvalue weighted by Gasteiger charge is -2.13. The van der Waals surface area contributed by atoms with Gasteiger partial charge in [-0.15, -0.1) is 0 Å². The molecular weight excluding hydrogens is 316 g/mol. The largest absolute Gasteiger partial charge is 0.507 e. The van der Waals surface area contributed by atoms with Crippen molar-refractivity contribution in [1.29, 1.82) is 0 Å². The number of imide groups is 1. The molecule has 0 atom stereocenters. The van der Waals surface area contributed by atoms with Gasteiger partial charge in [0, 0.05) is 30.8 Å². The fourth-order valence-corrected chi connectivity index (χ4v) is 2.31. The van der Waals surface area contributed by atoms with Gasteiger partial charge in [-0.1, -0.05) is 0 Å². The molecule has 3 rings (SSSR count). The Morgan fingerprint density at radius 3 is 2.54 bits per heavy atom. The van der Waals surface area contributed by atoms with Crippen LogP contribution in [-0.2, 0) is 14.4 Å². The summed E-state index contributed by atoms with van der Waals surface area (Å²) >= 11 is 0. The van der Waals surface area contributed by atoms with Crippen LogP contribution in [0.5, 0.6) is 5.75 Å². The zero-order valence-electron chi connectivity index (χ0n) is 12.3. The Balaban J connectivity index is 1.68. The van der Waals surface area contributed by atoms with Gasteiger partial charge in [0.15, 0.2) is 0 Å². The van der Waals surface area contributed by atoms with Crippen LogP contribution < -0.4 is 10.9 Å². The summed E-state index contributed by atoms with van der Waals surface area (Å²) in [4.78, 5) is 46.9. The van der Waals surface area contributed by atoms with Crippen molar-refractivity contribution in [3.05, 3.63) is 46.8 Å². The highest BCUT2D eigenvalue weighted by Gasteiger charge is 2.23. The molecule has 122 valence electrons. The molecular formula is C16H12N2O6. The molecule has 8 heteroatoms. The van der Waals surface area contributed by atoms with E-state index in [0.717, 1.165) is 23.1 Å². The van der Waals surface area contributed by atoms with Gasteiger partial charge in [0.25, 0.3) is 11.8 Å². The molecule has 0 radical (unpaired) electrons. The number of fused-ring (bicyclic) bond motifs is 1. The van der Waals surface area contributed by atoms with Gasteiger partial charge in [-0.05, 0) is 18.2 Å². The highest BCUT2D eigenvalue weighted by atomic mass is 16.4. The number of carbonyl (C=O) groups excluding carboxylic acids is 3. The molecule has 1 aromatic carbocycles. The van der Waals surface area contributed by atoms with Gasteiger partial charge < -0.3 is 14.8 Å². The van der Waals surface area contributed by atoms with Crippen molar-refractivity contribution in [2.24, 2.45) is 0 Å². The van der Waals surface area contributed by atoms with Gasteiger partial charge in [0.1, 0.15) is 11.3 Å². The summed E-state index contributed by atoms with van der Waals surface area (Å²) in [7, 11) is 0. The van der Waals surface area contributed by atoms with Gasteiger partial charge in [0.2, 0.25) is 5.91 Å². The highest BCUT2D eigenvalue weighted by Crippen LogP contribution is 2.25. The Labute approximate surface area is 135 Å². The van der Waals surface area contributed by atoms with E-state index in [4.69, 9.17) is 4.42 Å². The number of nitrogens with zero attached hydrogens (tertiary/aromatic N) is 1. The Kier molecular flexibility index (Phi) is 3.87. The quantitative estimate of drug-likeness (QED) is 0.632. The molecule has 1 aromatic heterocycles. The fraction of sp³-hybridized carbons (Fsp3) is 0.125. The van der Waals surface area contributed by atoms with Crippen molar-refractivity contribution in [2.45, 2.75) is 6.42 Å². The summed E-state index contributed by atoms with van der Waals surface area (Å²) in [5.74, 6) is -1.55. The van der Waals surface area contributed by atoms with Crippen molar-refractivity contribution in [3.63, 3.8) is 0 Å². The summed E-state index contributed by atoms with van der Waals surface area (Å²) in [5, 5.41) is 12.6. The fourth-order valence-electron chi connectivity index (χ4n) is 2.31. The summed E-state index contributed by atoms with van der Waals surface area (Å²) in [6, 6.07) is 5.35. The number of amides is 3. The summed E-state index contributed by atoms with van der Waals surface area (Å²) < 4.78 is 4.92. The minimum absolute atomic E-state index is 0.0236. The van der Waals surface area contributed by atoms with Crippen molar-refractivity contribution < 1.29 is 23.9 Å². The summed E-state index contributed by atoms with van der Waals surface area (Å²) in [6.07, 6.45) is 2.24. The standard InChI is InChI=1S/C16H12N2O6/c19-11-8-16(23)24-12-2-1-9(7-10(11)12)17-13(20)5-6-18-14(21)3-4-15(18)22/h1-4,7-8,19H,5-6H2,(H,17,20). The zero-order chi connectivity index (χ0) is 17.3. The topological polar surface area (TPSA) is 117 Å². The number of hydrogen-bond donors (Lipinski definition) is 2. The van der Waals surface area contributed by atoms with Crippen LogP contribution in [0, 0.1) is 0 Å². The SMILES string of the molecule is O=C(CCN1C(=O)C=CC1=O)Nc1ccc2oc(=O)cc(O)c2c1. The van der Waals surface area contributed by atoms with E-state index in [0.29, 0.717) is 5.69 Å². The van der Waals surface area contributed by atoms with E-state index < -0.39 is 23.3 Å². The number of benzene rings is 1. The smallest absolute Gasteiger partial charge is 0.339 e. The number of carbonyl (C=O) groups is 3. The number of aromatic hydroxyl groups is 1. The molecule has 3 amide bonds. The Bertz CT molecular complexity index is 925. The Hall–Kier alpha value is -3.42. The first-order chi connectivity index (χ1) is 11.4. The molecule has 1 aliphatic heterocycles. The van der Waals surface area contributed by atoms with Crippen LogP contribution in [0.25, 0.3) is 11.0 Å². The minimum atomic E-state index is -0.676. The predicted octanol–water partition coefficient (Wildman–Crippen LogP) is 0.752. The van der Waals surface area contributed by atoms with Gasteiger partial charge in [-0.2, -0.15) is 0 Å². The normalized spacial score (nSPS) is 13.8. The van der Waals surface area contributed by atoms with Crippen LogP contribution in [0.4, 0.5) is 5.69 Å². The Morgan fingerprint density at radius 2 is 1.83 bits per heavy atom. The second kappa shape index (κ2) is 5.99. The van der Waals surface area contributed by atoms with Crippen molar-refractivity contribution in [3.8, 4) is 5.75 Å². The van der Waals surface area contributed by atoms with Crippen LogP contribution in [0.3, 0.4) is 0 Å². The third kappa shape index (κ3) is 3.02. The molecule has 2 heterocycles. The molecule has 0 unspecified atom stereocenters. The van der Waals surface area contributed by atoms with Gasteiger partial charge in [-0.25, -0.2) is 4.79 Å². The molecule has 0 bridgehead atoms. The second-order valence-electron chi connectivity index (χ2n) is 5.12. The first-order valence-corrected chi connectivity index (χ1v) is 7.04. The highest BCUT2D eigenvalue weighted by molar-refractivity contribution is 6.13. The zero-order valence-corrected chi connectivity index (χ0v) is 12.3. The minimum Gasteiger partial charge on any atom is -0.507 e. The van der Waals surface area contributed by atoms with Crippen LogP contribution >= 0.6 is 0 Å². The summed E-state index contributed by atoms with van der Waals surface area (Å²) in [6.45, 7) is -0.0236. The van der Waals surface area contributed by atoms with E-state index in [1.165, 1.54) is 18.2 Å². The number of anilines is 1. The van der Waals surface area contributed by atoms with E-state index in [1.807, 2.05) is 0 Å². The van der Waals surface area contributed by atoms with Crippen LogP contribution in [0.2, 0.25) is 0 Å². The number of rotatable bonds is 4. The van der Waals surface area contributed by atoms with E-state index in [2.05, 4.69) is 5.32 Å². The molecule has 2 N–H and O–H groups in total. The number of nitrogens with one attached hydrogen (secondary N) is 1. The average molecular weight is 328 g/mol. The van der Waals surface area contributed by atoms with Gasteiger partial charge in [-0.3, -0.25) is 19.3 Å². The van der Waals surface area contributed by atoms with E-state index in [-0.39, 0.29) is 29.7 Å². The van der Waals surface area contributed by atoms with Crippen LogP contribution in [0.1, 0.15) is 6.42 Å². The maximum atomic E-state index is 11.9. The molecule has 1 aliphatic rings. The van der Waals surface area contributed by atoms with Gasteiger partial charge in [0.05, 0.1) is 11.5 Å². The third-order valence-corrected chi connectivity index (χ3v) is 3.47. The second-order valence-corrected chi connectivity index (χ2v) is 5.12. The molecule has 0 fully saturated rings. The molecule has 2 aromatic rings. The Morgan fingerprint density at radius 1 is 1.12 bits per heavy atom. The van der Waals surface area contributed by atoms with E-state index in [1.54, 1.807) is 0 Å². The average Bonchev–Trinajstić information content (AvgIpc) is 2.84. The van der Waals surface area contributed by atoms with Crippen LogP contribution in [-0.4, -0.2) is 34.3 Å². The van der Waals surface area contributed by atoms with Crippen molar-refractivity contribution in [2.75, 3.05) is 11.9 Å².